The van der Waals surface area contributed by atoms with Gasteiger partial charge in [-0.2, -0.15) is 5.06 Å². The van der Waals surface area contributed by atoms with Gasteiger partial charge in [-0.05, 0) is 25.7 Å². The summed E-state index contributed by atoms with van der Waals surface area (Å²) in [6.45, 7) is 9.37. The predicted octanol–water partition coefficient (Wildman–Crippen LogP) is 3.66. The Kier molecular flexibility index (Phi) is 5.29. The number of hydrogen-bond acceptors (Lipinski definition) is 2. The van der Waals surface area contributed by atoms with E-state index in [1.807, 2.05) is 0 Å². The first kappa shape index (κ1) is 13.4. The lowest BCUT2D eigenvalue weighted by Crippen LogP contribution is -2.44. The second-order valence-electron chi connectivity index (χ2n) is 4.32. The molecule has 1 saturated heterocycles. The third-order valence-electron chi connectivity index (χ3n) is 3.25. The van der Waals surface area contributed by atoms with E-state index in [2.05, 4.69) is 64.9 Å². The number of hydroxylamine groups is 2. The van der Waals surface area contributed by atoms with Crippen molar-refractivity contribution in [3.05, 3.63) is 0 Å². The second-order valence-corrected chi connectivity index (χ2v) is 4.32. The largest absolute Gasteiger partial charge is 0.313 e. The molecule has 0 aromatic carbocycles. The maximum Gasteiger partial charge on any atom is 0.0455 e. The summed E-state index contributed by atoms with van der Waals surface area (Å²) in [5.41, 5.74) is 0.175. The Hall–Kier alpha value is 1.38. The summed E-state index contributed by atoms with van der Waals surface area (Å²) in [6.07, 6.45) is 1.08. The summed E-state index contributed by atoms with van der Waals surface area (Å²) in [7, 11) is 0. The van der Waals surface area contributed by atoms with Gasteiger partial charge in [-0.15, -0.1) is 0 Å². The zero-order chi connectivity index (χ0) is 9.99. The number of hydrogen-bond donors (Lipinski definition) is 1. The molecule has 0 amide bonds. The van der Waals surface area contributed by atoms with Crippen molar-refractivity contribution in [2.24, 2.45) is 5.41 Å². The Balaban J connectivity index is 0.000000561. The van der Waals surface area contributed by atoms with Gasteiger partial charge < -0.3 is 5.21 Å². The average Bonchev–Trinajstić information content (AvgIpc) is 2.18. The zero-order valence-electron chi connectivity index (χ0n) is 8.06. The molecule has 0 aromatic heterocycles. The summed E-state index contributed by atoms with van der Waals surface area (Å²) in [6, 6.07) is 0. The number of halogens is 2. The van der Waals surface area contributed by atoms with Crippen molar-refractivity contribution in [2.75, 3.05) is 6.54 Å². The van der Waals surface area contributed by atoms with E-state index in [0.29, 0.717) is 0 Å². The number of nitrogens with zero attached hydrogens (tertiary/aromatic N) is 1. The molecule has 0 bridgehead atoms. The Morgan fingerprint density at radius 3 is 1.67 bits per heavy atom. The van der Waals surface area contributed by atoms with Crippen molar-refractivity contribution in [1.29, 1.82) is 0 Å². The van der Waals surface area contributed by atoms with Crippen LogP contribution >= 0.6 is 37.2 Å². The standard InChI is InChI=1S/C8H17NO.I2/c1-7(2)5-6-9(10)8(7,3)4;1-2/h10H,5-6H2,1-4H3;. The molecule has 2 nitrogen and oxygen atoms in total. The fourth-order valence-corrected chi connectivity index (χ4v) is 1.32. The zero-order valence-corrected chi connectivity index (χ0v) is 12.4. The molecule has 1 rings (SSSR count). The summed E-state index contributed by atoms with van der Waals surface area (Å²) in [5, 5.41) is 10.9. The van der Waals surface area contributed by atoms with Crippen molar-refractivity contribution in [2.45, 2.75) is 39.7 Å². The Morgan fingerprint density at radius 1 is 1.17 bits per heavy atom. The highest BCUT2D eigenvalue weighted by atomic mass is 128. The molecular weight excluding hydrogens is 380 g/mol. The summed E-state index contributed by atoms with van der Waals surface area (Å²) >= 11 is 4.24. The van der Waals surface area contributed by atoms with Crippen LogP contribution < -0.4 is 0 Å². The molecule has 74 valence electrons. The average molecular weight is 397 g/mol. The fraction of sp³-hybridized carbons (Fsp3) is 1.00. The van der Waals surface area contributed by atoms with Gasteiger partial charge in [-0.1, -0.05) is 13.8 Å². The smallest absolute Gasteiger partial charge is 0.0455 e. The predicted molar refractivity (Wildman–Crippen MR) is 69.0 cm³/mol. The van der Waals surface area contributed by atoms with E-state index in [1.54, 1.807) is 0 Å². The van der Waals surface area contributed by atoms with E-state index < -0.39 is 0 Å². The van der Waals surface area contributed by atoms with Gasteiger partial charge in [0.05, 0.1) is 0 Å². The van der Waals surface area contributed by atoms with Crippen LogP contribution in [0.5, 0.6) is 0 Å². The van der Waals surface area contributed by atoms with Gasteiger partial charge in [-0.25, -0.2) is 0 Å². The minimum Gasteiger partial charge on any atom is -0.313 e. The molecule has 0 spiro atoms. The summed E-state index contributed by atoms with van der Waals surface area (Å²) in [4.78, 5) is 0. The van der Waals surface area contributed by atoms with Crippen LogP contribution in [0.15, 0.2) is 0 Å². The van der Waals surface area contributed by atoms with Crippen molar-refractivity contribution in [3.63, 3.8) is 0 Å². The normalized spacial score (nSPS) is 26.2. The monoisotopic (exact) mass is 397 g/mol. The van der Waals surface area contributed by atoms with Gasteiger partial charge in [0.2, 0.25) is 0 Å². The second kappa shape index (κ2) is 4.75. The minimum atomic E-state index is -0.0625. The minimum absolute atomic E-state index is 0.0625. The van der Waals surface area contributed by atoms with Crippen LogP contribution in [0.4, 0.5) is 0 Å². The SMILES string of the molecule is CC1(C)CCN(O)C1(C)C.II. The molecule has 0 saturated carbocycles. The van der Waals surface area contributed by atoms with E-state index in [0.717, 1.165) is 13.0 Å². The lowest BCUT2D eigenvalue weighted by molar-refractivity contribution is -0.154. The first-order valence-electron chi connectivity index (χ1n) is 3.99. The van der Waals surface area contributed by atoms with Gasteiger partial charge in [0.25, 0.3) is 0 Å². The van der Waals surface area contributed by atoms with Gasteiger partial charge in [0.1, 0.15) is 0 Å². The van der Waals surface area contributed by atoms with Crippen LogP contribution in [0.25, 0.3) is 0 Å². The van der Waals surface area contributed by atoms with Gasteiger partial charge in [0, 0.05) is 49.3 Å². The third kappa shape index (κ3) is 2.45. The highest BCUT2D eigenvalue weighted by molar-refractivity contribution is 15.0. The van der Waals surface area contributed by atoms with E-state index in [9.17, 15) is 5.21 Å². The third-order valence-corrected chi connectivity index (χ3v) is 3.25. The van der Waals surface area contributed by atoms with Crippen LogP contribution in [0.2, 0.25) is 0 Å². The lowest BCUT2D eigenvalue weighted by atomic mass is 9.76. The van der Waals surface area contributed by atoms with Gasteiger partial charge in [0.15, 0.2) is 0 Å². The molecule has 0 aromatic rings. The molecule has 0 atom stereocenters. The van der Waals surface area contributed by atoms with Crippen molar-refractivity contribution in [3.8, 4) is 0 Å². The molecular formula is C8H17I2NO. The Labute approximate surface area is 98.4 Å². The van der Waals surface area contributed by atoms with E-state index in [4.69, 9.17) is 0 Å². The van der Waals surface area contributed by atoms with E-state index in [1.165, 1.54) is 5.06 Å². The van der Waals surface area contributed by atoms with Crippen LogP contribution in [0.1, 0.15) is 34.1 Å². The maximum atomic E-state index is 9.43. The van der Waals surface area contributed by atoms with Crippen LogP contribution in [-0.4, -0.2) is 22.4 Å². The molecule has 1 heterocycles. The molecule has 4 heteroatoms. The highest BCUT2D eigenvalue weighted by Gasteiger charge is 2.46. The van der Waals surface area contributed by atoms with E-state index in [-0.39, 0.29) is 11.0 Å². The lowest BCUT2D eigenvalue weighted by Gasteiger charge is -2.37. The maximum absolute atomic E-state index is 9.43. The summed E-state index contributed by atoms with van der Waals surface area (Å²) < 4.78 is 0. The first-order chi connectivity index (χ1) is 5.38. The summed E-state index contributed by atoms with van der Waals surface area (Å²) in [5.74, 6) is 0. The van der Waals surface area contributed by atoms with Gasteiger partial charge in [-0.3, -0.25) is 0 Å². The number of rotatable bonds is 0. The first-order valence-corrected chi connectivity index (χ1v) is 10.3. The van der Waals surface area contributed by atoms with Crippen LogP contribution in [0.3, 0.4) is 0 Å². The van der Waals surface area contributed by atoms with Crippen molar-refractivity contribution < 1.29 is 5.21 Å². The molecule has 1 fully saturated rings. The molecule has 1 aliphatic heterocycles. The Bertz CT molecular complexity index is 148. The Morgan fingerprint density at radius 2 is 1.58 bits per heavy atom. The van der Waals surface area contributed by atoms with Crippen molar-refractivity contribution >= 4 is 37.2 Å². The quantitative estimate of drug-likeness (QED) is 0.631. The fourth-order valence-electron chi connectivity index (χ4n) is 1.32. The molecule has 12 heavy (non-hydrogen) atoms. The van der Waals surface area contributed by atoms with Gasteiger partial charge >= 0.3 is 0 Å². The molecule has 0 radical (unpaired) electrons. The molecule has 0 aliphatic carbocycles. The molecule has 1 N–H and O–H groups in total. The molecule has 1 aliphatic rings. The van der Waals surface area contributed by atoms with Crippen LogP contribution in [-0.2, 0) is 0 Å². The van der Waals surface area contributed by atoms with Crippen molar-refractivity contribution in [1.82, 2.24) is 5.06 Å². The highest BCUT2D eigenvalue weighted by Crippen LogP contribution is 2.43. The molecule has 0 unspecified atom stereocenters. The topological polar surface area (TPSA) is 23.5 Å². The van der Waals surface area contributed by atoms with Crippen LogP contribution in [0, 0.1) is 5.41 Å². The van der Waals surface area contributed by atoms with E-state index >= 15 is 0 Å².